The minimum Gasteiger partial charge on any atom is -0.496 e. The third kappa shape index (κ3) is 4.83. The quantitative estimate of drug-likeness (QED) is 0.606. The van der Waals surface area contributed by atoms with Gasteiger partial charge in [-0.1, -0.05) is 29.8 Å². The zero-order valence-electron chi connectivity index (χ0n) is 13.8. The fourth-order valence-electron chi connectivity index (χ4n) is 2.09. The zero-order chi connectivity index (χ0) is 17.5. The van der Waals surface area contributed by atoms with Gasteiger partial charge in [-0.2, -0.15) is 5.10 Å². The molecule has 126 valence electrons. The standard InChI is InChI=1S/C18H19BrN2O3/c1-12-4-6-13(7-5-12)8-18(22)21-20-11-14-9-15(19)17(24-3)10-16(14)23-2/h4-7,9-11H,8H2,1-3H3,(H,21,22)/b20-11+. The van der Waals surface area contributed by atoms with Crippen LogP contribution in [0.5, 0.6) is 11.5 Å². The third-order valence-corrected chi connectivity index (χ3v) is 4.00. The fraction of sp³-hybridized carbons (Fsp3) is 0.222. The number of methoxy groups -OCH3 is 2. The van der Waals surface area contributed by atoms with Crippen LogP contribution >= 0.6 is 15.9 Å². The van der Waals surface area contributed by atoms with Crippen molar-refractivity contribution in [1.29, 1.82) is 0 Å². The highest BCUT2D eigenvalue weighted by Gasteiger charge is 2.08. The van der Waals surface area contributed by atoms with Crippen LogP contribution in [-0.4, -0.2) is 26.3 Å². The highest BCUT2D eigenvalue weighted by atomic mass is 79.9. The maximum Gasteiger partial charge on any atom is 0.244 e. The molecule has 0 spiro atoms. The summed E-state index contributed by atoms with van der Waals surface area (Å²) in [6, 6.07) is 11.4. The van der Waals surface area contributed by atoms with Crippen LogP contribution in [0.25, 0.3) is 0 Å². The summed E-state index contributed by atoms with van der Waals surface area (Å²) in [7, 11) is 3.15. The van der Waals surface area contributed by atoms with Crippen LogP contribution in [0.2, 0.25) is 0 Å². The van der Waals surface area contributed by atoms with Crippen molar-refractivity contribution in [1.82, 2.24) is 5.43 Å². The fourth-order valence-corrected chi connectivity index (χ4v) is 2.61. The normalized spacial score (nSPS) is 10.7. The Morgan fingerprint density at radius 1 is 1.17 bits per heavy atom. The van der Waals surface area contributed by atoms with Gasteiger partial charge in [0.25, 0.3) is 0 Å². The lowest BCUT2D eigenvalue weighted by molar-refractivity contribution is -0.120. The van der Waals surface area contributed by atoms with Gasteiger partial charge in [0, 0.05) is 11.6 Å². The summed E-state index contributed by atoms with van der Waals surface area (Å²) in [5.74, 6) is 1.08. The van der Waals surface area contributed by atoms with E-state index in [4.69, 9.17) is 9.47 Å². The molecule has 0 bridgehead atoms. The Bertz CT molecular complexity index is 743. The molecule has 2 rings (SSSR count). The summed E-state index contributed by atoms with van der Waals surface area (Å²) >= 11 is 3.41. The Kier molecular flexibility index (Phi) is 6.37. The number of hydrogen-bond acceptors (Lipinski definition) is 4. The molecule has 6 heteroatoms. The molecule has 1 amide bonds. The number of amides is 1. The number of hydrazone groups is 1. The molecule has 0 unspecified atom stereocenters. The van der Waals surface area contributed by atoms with E-state index in [1.165, 1.54) is 6.21 Å². The highest BCUT2D eigenvalue weighted by molar-refractivity contribution is 9.10. The predicted molar refractivity (Wildman–Crippen MR) is 97.9 cm³/mol. The molecule has 0 radical (unpaired) electrons. The van der Waals surface area contributed by atoms with Crippen LogP contribution < -0.4 is 14.9 Å². The van der Waals surface area contributed by atoms with Crippen LogP contribution in [0.3, 0.4) is 0 Å². The maximum atomic E-state index is 11.9. The molecule has 1 N–H and O–H groups in total. The highest BCUT2D eigenvalue weighted by Crippen LogP contribution is 2.31. The number of carbonyl (C=O) groups is 1. The number of aryl methyl sites for hydroxylation is 1. The molecule has 0 saturated carbocycles. The van der Waals surface area contributed by atoms with E-state index in [1.807, 2.05) is 37.3 Å². The Morgan fingerprint density at radius 3 is 2.46 bits per heavy atom. The second-order valence-electron chi connectivity index (χ2n) is 5.18. The van der Waals surface area contributed by atoms with Gasteiger partial charge in [-0.3, -0.25) is 4.79 Å². The van der Waals surface area contributed by atoms with Gasteiger partial charge in [-0.05, 0) is 34.5 Å². The van der Waals surface area contributed by atoms with Gasteiger partial charge in [0.2, 0.25) is 5.91 Å². The summed E-state index contributed by atoms with van der Waals surface area (Å²) in [6.45, 7) is 2.01. The van der Waals surface area contributed by atoms with Gasteiger partial charge in [-0.25, -0.2) is 5.43 Å². The number of rotatable bonds is 6. The van der Waals surface area contributed by atoms with Gasteiger partial charge in [0.05, 0.1) is 31.3 Å². The lowest BCUT2D eigenvalue weighted by Crippen LogP contribution is -2.19. The van der Waals surface area contributed by atoms with Crippen LogP contribution in [0.15, 0.2) is 46.0 Å². The first kappa shape index (κ1) is 18.0. The summed E-state index contributed by atoms with van der Waals surface area (Å²) < 4.78 is 11.3. The summed E-state index contributed by atoms with van der Waals surface area (Å²) in [5, 5.41) is 3.99. The molecule has 5 nitrogen and oxygen atoms in total. The van der Waals surface area contributed by atoms with Crippen molar-refractivity contribution in [2.45, 2.75) is 13.3 Å². The lowest BCUT2D eigenvalue weighted by Gasteiger charge is -2.09. The van der Waals surface area contributed by atoms with Crippen molar-refractivity contribution in [3.63, 3.8) is 0 Å². The second-order valence-corrected chi connectivity index (χ2v) is 6.04. The summed E-state index contributed by atoms with van der Waals surface area (Å²) in [5.41, 5.74) is 5.35. The Morgan fingerprint density at radius 2 is 1.83 bits per heavy atom. The summed E-state index contributed by atoms with van der Waals surface area (Å²) in [4.78, 5) is 11.9. The monoisotopic (exact) mass is 390 g/mol. The Balaban J connectivity index is 2.01. The van der Waals surface area contributed by atoms with Crippen molar-refractivity contribution < 1.29 is 14.3 Å². The first-order valence-electron chi connectivity index (χ1n) is 7.32. The van der Waals surface area contributed by atoms with Gasteiger partial charge in [0.1, 0.15) is 11.5 Å². The van der Waals surface area contributed by atoms with Crippen LogP contribution in [0.1, 0.15) is 16.7 Å². The average molecular weight is 391 g/mol. The van der Waals surface area contributed by atoms with E-state index in [-0.39, 0.29) is 12.3 Å². The first-order chi connectivity index (χ1) is 11.5. The maximum absolute atomic E-state index is 11.9. The molecule has 0 heterocycles. The summed E-state index contributed by atoms with van der Waals surface area (Å²) in [6.07, 6.45) is 1.82. The van der Waals surface area contributed by atoms with E-state index < -0.39 is 0 Å². The number of benzene rings is 2. The SMILES string of the molecule is COc1cc(OC)c(/C=N/NC(=O)Cc2ccc(C)cc2)cc1Br. The molecule has 24 heavy (non-hydrogen) atoms. The van der Waals surface area contributed by atoms with E-state index in [0.717, 1.165) is 21.2 Å². The average Bonchev–Trinajstić information content (AvgIpc) is 2.57. The lowest BCUT2D eigenvalue weighted by atomic mass is 10.1. The van der Waals surface area contributed by atoms with E-state index in [1.54, 1.807) is 20.3 Å². The van der Waals surface area contributed by atoms with Crippen LogP contribution in [0, 0.1) is 6.92 Å². The number of nitrogens with zero attached hydrogens (tertiary/aromatic N) is 1. The van der Waals surface area contributed by atoms with Crippen LogP contribution in [0.4, 0.5) is 0 Å². The third-order valence-electron chi connectivity index (χ3n) is 3.38. The van der Waals surface area contributed by atoms with Crippen molar-refractivity contribution in [2.75, 3.05) is 14.2 Å². The van der Waals surface area contributed by atoms with Gasteiger partial charge < -0.3 is 9.47 Å². The van der Waals surface area contributed by atoms with Crippen molar-refractivity contribution in [3.05, 3.63) is 57.6 Å². The number of halogens is 1. The smallest absolute Gasteiger partial charge is 0.244 e. The minimum atomic E-state index is -0.179. The van der Waals surface area contributed by atoms with E-state index >= 15 is 0 Å². The zero-order valence-corrected chi connectivity index (χ0v) is 15.4. The van der Waals surface area contributed by atoms with E-state index in [9.17, 15) is 4.79 Å². The number of carbonyl (C=O) groups excluding carboxylic acids is 1. The molecule has 2 aromatic rings. The Labute approximate surface area is 149 Å². The largest absolute Gasteiger partial charge is 0.496 e. The predicted octanol–water partition coefficient (Wildman–Crippen LogP) is 3.47. The van der Waals surface area contributed by atoms with Crippen LogP contribution in [-0.2, 0) is 11.2 Å². The Hall–Kier alpha value is -2.34. The second kappa shape index (κ2) is 8.49. The minimum absolute atomic E-state index is 0.179. The van der Waals surface area contributed by atoms with E-state index in [2.05, 4.69) is 26.5 Å². The number of hydrogen-bond donors (Lipinski definition) is 1. The molecule has 0 saturated heterocycles. The molecule has 0 fully saturated rings. The molecule has 0 aliphatic carbocycles. The molecule has 0 aliphatic heterocycles. The molecule has 0 aliphatic rings. The molecule has 0 aromatic heterocycles. The molecule has 0 atom stereocenters. The molecule has 2 aromatic carbocycles. The molecular formula is C18H19BrN2O3. The number of ether oxygens (including phenoxy) is 2. The van der Waals surface area contributed by atoms with Crippen molar-refractivity contribution >= 4 is 28.1 Å². The molecular weight excluding hydrogens is 372 g/mol. The van der Waals surface area contributed by atoms with E-state index in [0.29, 0.717) is 11.5 Å². The van der Waals surface area contributed by atoms with Gasteiger partial charge >= 0.3 is 0 Å². The van der Waals surface area contributed by atoms with Crippen molar-refractivity contribution in [3.8, 4) is 11.5 Å². The first-order valence-corrected chi connectivity index (χ1v) is 8.11. The number of nitrogens with one attached hydrogen (secondary N) is 1. The van der Waals surface area contributed by atoms with Crippen molar-refractivity contribution in [2.24, 2.45) is 5.10 Å². The van der Waals surface area contributed by atoms with Gasteiger partial charge in [0.15, 0.2) is 0 Å². The topological polar surface area (TPSA) is 59.9 Å². The van der Waals surface area contributed by atoms with Gasteiger partial charge in [-0.15, -0.1) is 0 Å².